The van der Waals surface area contributed by atoms with Crippen LogP contribution in [-0.2, 0) is 0 Å². The van der Waals surface area contributed by atoms with Gasteiger partial charge in [0.1, 0.15) is 5.69 Å². The van der Waals surface area contributed by atoms with Crippen molar-refractivity contribution in [1.29, 1.82) is 0 Å². The van der Waals surface area contributed by atoms with Gasteiger partial charge in [0.25, 0.3) is 11.8 Å². The fraction of sp³-hybridized carbons (Fsp3) is 0.143. The minimum atomic E-state index is -0.0586. The van der Waals surface area contributed by atoms with E-state index in [2.05, 4.69) is 30.5 Å². The maximum absolute atomic E-state index is 12.1. The lowest BCUT2D eigenvalue weighted by atomic mass is 10.1. The summed E-state index contributed by atoms with van der Waals surface area (Å²) in [5.74, 6) is 0.199. The molecule has 1 N–H and O–H groups in total. The van der Waals surface area contributed by atoms with E-state index in [1.807, 2.05) is 25.1 Å². The fourth-order valence-electron chi connectivity index (χ4n) is 2.76. The highest BCUT2D eigenvalue weighted by Gasteiger charge is 2.16. The molecule has 152 valence electrons. The third kappa shape index (κ3) is 4.00. The van der Waals surface area contributed by atoms with Crippen molar-refractivity contribution in [2.45, 2.75) is 6.92 Å². The summed E-state index contributed by atoms with van der Waals surface area (Å²) in [5.41, 5.74) is 3.96. The molecule has 0 unspecified atom stereocenters. The summed E-state index contributed by atoms with van der Waals surface area (Å²) in [5, 5.41) is 11.1. The zero-order valence-electron chi connectivity index (χ0n) is 16.7. The lowest BCUT2D eigenvalue weighted by molar-refractivity contribution is 0.0827. The summed E-state index contributed by atoms with van der Waals surface area (Å²) in [4.78, 5) is 26.7. The van der Waals surface area contributed by atoms with Crippen molar-refractivity contribution in [1.82, 2.24) is 30.0 Å². The molecule has 0 saturated heterocycles. The van der Waals surface area contributed by atoms with Gasteiger partial charge in [0.05, 0.1) is 29.5 Å². The average molecular weight is 403 g/mol. The van der Waals surface area contributed by atoms with Gasteiger partial charge >= 0.3 is 6.01 Å². The molecule has 0 fully saturated rings. The van der Waals surface area contributed by atoms with E-state index >= 15 is 0 Å². The van der Waals surface area contributed by atoms with Gasteiger partial charge in [-0.3, -0.25) is 14.8 Å². The molecular formula is C21H21N7O2. The van der Waals surface area contributed by atoms with Crippen LogP contribution in [0.25, 0.3) is 22.8 Å². The fourth-order valence-corrected chi connectivity index (χ4v) is 2.76. The van der Waals surface area contributed by atoms with Gasteiger partial charge in [-0.1, -0.05) is 17.2 Å². The third-order valence-electron chi connectivity index (χ3n) is 4.33. The number of anilines is 2. The standard InChI is InChI=1S/C21H19N7O2.H2/c1-13-18(19-26-27-21(30-19)24-16-5-4-10-22-11-16)25-17(12-23-13)14-6-8-15(9-7-14)20(29)28(2)3;/h4-12H,1-3H3,(H,24,27);1H. The van der Waals surface area contributed by atoms with E-state index in [4.69, 9.17) is 4.42 Å². The van der Waals surface area contributed by atoms with E-state index < -0.39 is 0 Å². The molecule has 0 radical (unpaired) electrons. The van der Waals surface area contributed by atoms with E-state index in [0.29, 0.717) is 22.6 Å². The minimum absolute atomic E-state index is 0. The summed E-state index contributed by atoms with van der Waals surface area (Å²) in [7, 11) is 3.44. The number of carbonyl (C=O) groups is 1. The molecule has 0 aliphatic rings. The first kappa shape index (κ1) is 19.2. The van der Waals surface area contributed by atoms with E-state index in [-0.39, 0.29) is 19.2 Å². The highest BCUT2D eigenvalue weighted by molar-refractivity contribution is 5.94. The van der Waals surface area contributed by atoms with Crippen molar-refractivity contribution in [2.75, 3.05) is 19.4 Å². The Labute approximate surface area is 174 Å². The Morgan fingerprint density at radius 2 is 1.90 bits per heavy atom. The molecule has 0 spiro atoms. The second-order valence-electron chi connectivity index (χ2n) is 6.75. The monoisotopic (exact) mass is 403 g/mol. The number of hydrogen-bond acceptors (Lipinski definition) is 8. The maximum Gasteiger partial charge on any atom is 0.320 e. The van der Waals surface area contributed by atoms with Gasteiger partial charge in [0.15, 0.2) is 0 Å². The van der Waals surface area contributed by atoms with Gasteiger partial charge in [0, 0.05) is 32.8 Å². The third-order valence-corrected chi connectivity index (χ3v) is 4.33. The molecule has 9 heteroatoms. The summed E-state index contributed by atoms with van der Waals surface area (Å²) in [6.07, 6.45) is 5.00. The van der Waals surface area contributed by atoms with Crippen LogP contribution in [0.3, 0.4) is 0 Å². The number of nitrogens with one attached hydrogen (secondary N) is 1. The highest BCUT2D eigenvalue weighted by Crippen LogP contribution is 2.25. The first-order valence-electron chi connectivity index (χ1n) is 9.18. The quantitative estimate of drug-likeness (QED) is 0.538. The second-order valence-corrected chi connectivity index (χ2v) is 6.75. The molecule has 1 amide bonds. The number of nitrogens with zero attached hydrogens (tertiary/aromatic N) is 6. The topological polar surface area (TPSA) is 110 Å². The second kappa shape index (κ2) is 8.08. The molecule has 4 rings (SSSR count). The SMILES string of the molecule is Cc1ncc(-c2ccc(C(=O)N(C)C)cc2)nc1-c1nnc(Nc2cccnc2)o1.[HH]. The van der Waals surface area contributed by atoms with E-state index in [1.165, 1.54) is 4.90 Å². The van der Waals surface area contributed by atoms with Crippen molar-refractivity contribution in [2.24, 2.45) is 0 Å². The molecule has 30 heavy (non-hydrogen) atoms. The first-order chi connectivity index (χ1) is 14.5. The summed E-state index contributed by atoms with van der Waals surface area (Å²) in [6, 6.07) is 11.1. The Morgan fingerprint density at radius 1 is 1.10 bits per heavy atom. The molecule has 3 aromatic heterocycles. The van der Waals surface area contributed by atoms with Crippen LogP contribution in [0.1, 0.15) is 17.5 Å². The van der Waals surface area contributed by atoms with E-state index in [9.17, 15) is 4.79 Å². The van der Waals surface area contributed by atoms with Crippen LogP contribution in [0.2, 0.25) is 0 Å². The molecule has 9 nitrogen and oxygen atoms in total. The molecule has 1 aromatic carbocycles. The predicted molar refractivity (Wildman–Crippen MR) is 113 cm³/mol. The smallest absolute Gasteiger partial charge is 0.320 e. The largest absolute Gasteiger partial charge is 0.401 e. The number of hydrogen-bond donors (Lipinski definition) is 1. The van der Waals surface area contributed by atoms with Crippen molar-refractivity contribution >= 4 is 17.6 Å². The predicted octanol–water partition coefficient (Wildman–Crippen LogP) is 3.59. The van der Waals surface area contributed by atoms with Crippen LogP contribution in [0.4, 0.5) is 11.7 Å². The highest BCUT2D eigenvalue weighted by atomic mass is 16.4. The van der Waals surface area contributed by atoms with Crippen molar-refractivity contribution < 1.29 is 10.6 Å². The van der Waals surface area contributed by atoms with Crippen molar-refractivity contribution in [3.63, 3.8) is 0 Å². The first-order valence-corrected chi connectivity index (χ1v) is 9.18. The Kier molecular flexibility index (Phi) is 5.17. The maximum atomic E-state index is 12.1. The number of carbonyl (C=O) groups excluding carboxylic acids is 1. The molecule has 0 saturated carbocycles. The van der Waals surface area contributed by atoms with Crippen LogP contribution in [0, 0.1) is 6.92 Å². The van der Waals surface area contributed by atoms with Crippen LogP contribution >= 0.6 is 0 Å². The van der Waals surface area contributed by atoms with Crippen LogP contribution in [-0.4, -0.2) is 50.1 Å². The van der Waals surface area contributed by atoms with Crippen LogP contribution in [0.5, 0.6) is 0 Å². The van der Waals surface area contributed by atoms with Crippen molar-refractivity contribution in [3.05, 3.63) is 66.2 Å². The van der Waals surface area contributed by atoms with Crippen LogP contribution in [0.15, 0.2) is 59.4 Å². The number of amides is 1. The number of pyridine rings is 1. The Balaban J connectivity index is 0.00000272. The average Bonchev–Trinajstić information content (AvgIpc) is 3.22. The Bertz CT molecular complexity index is 1180. The van der Waals surface area contributed by atoms with E-state index in [1.54, 1.807) is 50.9 Å². The summed E-state index contributed by atoms with van der Waals surface area (Å²) >= 11 is 0. The van der Waals surface area contributed by atoms with Gasteiger partial charge in [-0.2, -0.15) is 0 Å². The molecule has 0 atom stereocenters. The van der Waals surface area contributed by atoms with Gasteiger partial charge in [-0.15, -0.1) is 5.10 Å². The van der Waals surface area contributed by atoms with Gasteiger partial charge in [-0.25, -0.2) is 4.98 Å². The molecular weight excluding hydrogens is 382 g/mol. The summed E-state index contributed by atoms with van der Waals surface area (Å²) < 4.78 is 5.71. The molecule has 4 aromatic rings. The normalized spacial score (nSPS) is 10.6. The lowest BCUT2D eigenvalue weighted by Crippen LogP contribution is -2.21. The van der Waals surface area contributed by atoms with Gasteiger partial charge in [-0.05, 0) is 31.2 Å². The zero-order valence-corrected chi connectivity index (χ0v) is 16.7. The number of aryl methyl sites for hydroxylation is 1. The molecule has 3 heterocycles. The number of aromatic nitrogens is 5. The van der Waals surface area contributed by atoms with Gasteiger partial charge < -0.3 is 14.6 Å². The lowest BCUT2D eigenvalue weighted by Gasteiger charge is -2.10. The number of rotatable bonds is 5. The molecule has 0 aliphatic heterocycles. The Morgan fingerprint density at radius 3 is 2.60 bits per heavy atom. The van der Waals surface area contributed by atoms with Crippen LogP contribution < -0.4 is 5.32 Å². The van der Waals surface area contributed by atoms with Crippen molar-refractivity contribution in [3.8, 4) is 22.8 Å². The zero-order chi connectivity index (χ0) is 21.1. The molecule has 0 aliphatic carbocycles. The van der Waals surface area contributed by atoms with E-state index in [0.717, 1.165) is 11.3 Å². The number of benzene rings is 1. The summed E-state index contributed by atoms with van der Waals surface area (Å²) in [6.45, 7) is 1.82. The Hall–Kier alpha value is -4.14. The van der Waals surface area contributed by atoms with Gasteiger partial charge in [0.2, 0.25) is 0 Å². The minimum Gasteiger partial charge on any atom is -0.401 e. The molecule has 0 bridgehead atoms.